The van der Waals surface area contributed by atoms with Crippen molar-refractivity contribution in [2.24, 2.45) is 0 Å². The van der Waals surface area contributed by atoms with E-state index in [1.807, 2.05) is 0 Å². The van der Waals surface area contributed by atoms with Crippen LogP contribution in [0.1, 0.15) is 22.3 Å². The largest absolute Gasteiger partial charge is 0.309 e. The normalized spacial score (nSPS) is 12.8. The standard InChI is InChI=1S/C71H46N2/c1-3-21-53(22-4-1)71(54-23-5-2-6-24-54)65-31-15-13-28-60(65)61-40-39-56(46-66(61)71)72-68-32-16-14-30-63(68)64-44-51(37-41-69(64)72)48-34-35-50-43-55(38-36-49(50)42-48)73(67-33-17-20-47-18-7-10-26-58(47)67)70-45-52-19-8-9-25-57(52)59-27-11-12-29-62(59)70/h1-46H. The highest BCUT2D eigenvalue weighted by Crippen LogP contribution is 2.57. The van der Waals surface area contributed by atoms with Gasteiger partial charge in [-0.05, 0) is 137 Å². The Labute approximate surface area is 423 Å². The fourth-order valence-corrected chi connectivity index (χ4v) is 12.6. The van der Waals surface area contributed by atoms with Gasteiger partial charge in [0, 0.05) is 32.9 Å². The van der Waals surface area contributed by atoms with Crippen LogP contribution in [0.15, 0.2) is 279 Å². The molecular weight excluding hydrogens is 881 g/mol. The molecular formula is C71H46N2. The van der Waals surface area contributed by atoms with E-state index in [-0.39, 0.29) is 0 Å². The Balaban J connectivity index is 0.862. The molecule has 2 heteroatoms. The maximum Gasteiger partial charge on any atom is 0.0714 e. The summed E-state index contributed by atoms with van der Waals surface area (Å²) >= 11 is 0. The molecule has 1 aliphatic rings. The summed E-state index contributed by atoms with van der Waals surface area (Å²) in [6, 6.07) is 103. The lowest BCUT2D eigenvalue weighted by molar-refractivity contribution is 0.767. The number of benzene rings is 13. The average molecular weight is 927 g/mol. The van der Waals surface area contributed by atoms with Crippen molar-refractivity contribution in [1.82, 2.24) is 4.57 Å². The Hall–Kier alpha value is -9.50. The number of aromatic nitrogens is 1. The number of anilines is 3. The maximum absolute atomic E-state index is 2.47. The van der Waals surface area contributed by atoms with Crippen molar-refractivity contribution in [3.05, 3.63) is 301 Å². The van der Waals surface area contributed by atoms with Gasteiger partial charge in [0.25, 0.3) is 0 Å². The van der Waals surface area contributed by atoms with E-state index in [0.717, 1.165) is 22.7 Å². The third-order valence-corrected chi connectivity index (χ3v) is 15.8. The summed E-state index contributed by atoms with van der Waals surface area (Å²) in [5.41, 5.74) is 16.6. The lowest BCUT2D eigenvalue weighted by atomic mass is 9.67. The molecule has 0 bridgehead atoms. The highest BCUT2D eigenvalue weighted by molar-refractivity contribution is 6.16. The van der Waals surface area contributed by atoms with Gasteiger partial charge in [0.1, 0.15) is 0 Å². The zero-order valence-electron chi connectivity index (χ0n) is 40.0. The van der Waals surface area contributed by atoms with E-state index in [2.05, 4.69) is 289 Å². The molecule has 0 N–H and O–H groups in total. The zero-order valence-corrected chi connectivity index (χ0v) is 40.0. The molecule has 0 saturated heterocycles. The third-order valence-electron chi connectivity index (χ3n) is 15.8. The Morgan fingerprint density at radius 2 is 0.877 bits per heavy atom. The number of rotatable bonds is 7. The molecule has 0 aliphatic heterocycles. The van der Waals surface area contributed by atoms with Crippen LogP contribution in [0.2, 0.25) is 0 Å². The second-order valence-electron chi connectivity index (χ2n) is 19.6. The van der Waals surface area contributed by atoms with Crippen LogP contribution >= 0.6 is 0 Å². The molecule has 0 fully saturated rings. The van der Waals surface area contributed by atoms with Crippen molar-refractivity contribution in [2.75, 3.05) is 4.90 Å². The van der Waals surface area contributed by atoms with E-state index in [0.29, 0.717) is 0 Å². The summed E-state index contributed by atoms with van der Waals surface area (Å²) in [6.45, 7) is 0. The maximum atomic E-state index is 2.47. The van der Waals surface area contributed by atoms with E-state index in [9.17, 15) is 0 Å². The number of nitrogens with zero attached hydrogens (tertiary/aromatic N) is 2. The van der Waals surface area contributed by atoms with Gasteiger partial charge in [-0.25, -0.2) is 0 Å². The molecule has 0 spiro atoms. The van der Waals surface area contributed by atoms with Crippen LogP contribution < -0.4 is 4.90 Å². The molecule has 0 atom stereocenters. The monoisotopic (exact) mass is 926 g/mol. The first-order chi connectivity index (χ1) is 36.2. The fourth-order valence-electron chi connectivity index (χ4n) is 12.6. The summed E-state index contributed by atoms with van der Waals surface area (Å²) in [4.78, 5) is 2.47. The second-order valence-corrected chi connectivity index (χ2v) is 19.6. The molecule has 0 radical (unpaired) electrons. The molecule has 14 aromatic rings. The van der Waals surface area contributed by atoms with Gasteiger partial charge in [-0.2, -0.15) is 0 Å². The van der Waals surface area contributed by atoms with Gasteiger partial charge in [-0.1, -0.05) is 218 Å². The van der Waals surface area contributed by atoms with Crippen LogP contribution in [0, 0.1) is 0 Å². The highest BCUT2D eigenvalue weighted by Gasteiger charge is 2.46. The first kappa shape index (κ1) is 41.3. The third kappa shape index (κ3) is 6.24. The van der Waals surface area contributed by atoms with Gasteiger partial charge in [0.05, 0.1) is 27.8 Å². The van der Waals surface area contributed by atoms with Crippen LogP contribution in [-0.4, -0.2) is 4.57 Å². The molecule has 1 aromatic heterocycles. The van der Waals surface area contributed by atoms with E-state index in [1.165, 1.54) is 109 Å². The summed E-state index contributed by atoms with van der Waals surface area (Å²) in [7, 11) is 0. The molecule has 2 nitrogen and oxygen atoms in total. The quantitative estimate of drug-likeness (QED) is 0.145. The minimum absolute atomic E-state index is 0.480. The van der Waals surface area contributed by atoms with Gasteiger partial charge >= 0.3 is 0 Å². The summed E-state index contributed by atoms with van der Waals surface area (Å²) < 4.78 is 2.47. The lowest BCUT2D eigenvalue weighted by Crippen LogP contribution is -2.28. The summed E-state index contributed by atoms with van der Waals surface area (Å²) in [6.07, 6.45) is 0. The van der Waals surface area contributed by atoms with Crippen LogP contribution in [0.5, 0.6) is 0 Å². The summed E-state index contributed by atoms with van der Waals surface area (Å²) in [5, 5.41) is 12.2. The first-order valence-corrected chi connectivity index (χ1v) is 25.3. The number of hydrogen-bond donors (Lipinski definition) is 0. The van der Waals surface area contributed by atoms with Gasteiger partial charge in [0.15, 0.2) is 0 Å². The lowest BCUT2D eigenvalue weighted by Gasteiger charge is -2.34. The van der Waals surface area contributed by atoms with Crippen LogP contribution in [0.4, 0.5) is 17.1 Å². The number of hydrogen-bond acceptors (Lipinski definition) is 1. The van der Waals surface area contributed by atoms with Gasteiger partial charge in [-0.3, -0.25) is 0 Å². The Morgan fingerprint density at radius 3 is 1.70 bits per heavy atom. The topological polar surface area (TPSA) is 8.17 Å². The molecule has 0 amide bonds. The zero-order chi connectivity index (χ0) is 48.0. The number of fused-ring (bicyclic) bond motifs is 11. The predicted molar refractivity (Wildman–Crippen MR) is 308 cm³/mol. The molecule has 13 aromatic carbocycles. The van der Waals surface area contributed by atoms with E-state index >= 15 is 0 Å². The summed E-state index contributed by atoms with van der Waals surface area (Å²) in [5.74, 6) is 0. The highest BCUT2D eigenvalue weighted by atomic mass is 15.1. The molecule has 0 saturated carbocycles. The smallest absolute Gasteiger partial charge is 0.0714 e. The number of para-hydroxylation sites is 1. The van der Waals surface area contributed by atoms with Crippen molar-refractivity contribution in [3.8, 4) is 27.9 Å². The van der Waals surface area contributed by atoms with Crippen molar-refractivity contribution < 1.29 is 0 Å². The first-order valence-electron chi connectivity index (χ1n) is 25.3. The van der Waals surface area contributed by atoms with Crippen molar-refractivity contribution >= 4 is 82.0 Å². The van der Waals surface area contributed by atoms with Crippen LogP contribution in [0.25, 0.3) is 92.8 Å². The Morgan fingerprint density at radius 1 is 0.288 bits per heavy atom. The fraction of sp³-hybridized carbons (Fsp3) is 0.0141. The molecule has 0 unspecified atom stereocenters. The van der Waals surface area contributed by atoms with Gasteiger partial charge in [0.2, 0.25) is 0 Å². The van der Waals surface area contributed by atoms with Crippen molar-refractivity contribution in [3.63, 3.8) is 0 Å². The molecule has 73 heavy (non-hydrogen) atoms. The molecule has 1 heterocycles. The predicted octanol–water partition coefficient (Wildman–Crippen LogP) is 18.9. The average Bonchev–Trinajstić information content (AvgIpc) is 3.96. The molecule has 15 rings (SSSR count). The Kier molecular flexibility index (Phi) is 9.21. The minimum Gasteiger partial charge on any atom is -0.309 e. The molecule has 340 valence electrons. The SMILES string of the molecule is c1ccc(C2(c3ccccc3)c3ccccc3-c3ccc(-n4c5ccccc5c5cc(-c6ccc7cc(N(c8cccc9ccccc89)c8cc9ccccc9c9ccccc89)ccc7c6)ccc54)cc32)cc1. The Bertz CT molecular complexity index is 4460. The van der Waals surface area contributed by atoms with Gasteiger partial charge in [-0.15, -0.1) is 0 Å². The van der Waals surface area contributed by atoms with E-state index < -0.39 is 5.41 Å². The second kappa shape index (κ2) is 16.3. The van der Waals surface area contributed by atoms with Crippen LogP contribution in [-0.2, 0) is 5.41 Å². The van der Waals surface area contributed by atoms with E-state index in [4.69, 9.17) is 0 Å². The van der Waals surface area contributed by atoms with Crippen molar-refractivity contribution in [2.45, 2.75) is 5.41 Å². The minimum atomic E-state index is -0.480. The van der Waals surface area contributed by atoms with Crippen molar-refractivity contribution in [1.29, 1.82) is 0 Å². The van der Waals surface area contributed by atoms with Gasteiger partial charge < -0.3 is 9.47 Å². The van der Waals surface area contributed by atoms with E-state index in [1.54, 1.807) is 0 Å². The molecule has 1 aliphatic carbocycles. The van der Waals surface area contributed by atoms with Crippen LogP contribution in [0.3, 0.4) is 0 Å².